The lowest BCUT2D eigenvalue weighted by atomic mass is 10.0. The minimum absolute atomic E-state index is 0.259. The number of benzene rings is 2. The van der Waals surface area contributed by atoms with E-state index in [2.05, 4.69) is 27.5 Å². The lowest BCUT2D eigenvalue weighted by molar-refractivity contribution is 0.260. The molecular formula is C21H24N4O. The topological polar surface area (TPSA) is 61.3 Å². The van der Waals surface area contributed by atoms with E-state index in [0.717, 1.165) is 52.9 Å². The first kappa shape index (κ1) is 16.8. The van der Waals surface area contributed by atoms with Crippen LogP contribution in [0.2, 0.25) is 0 Å². The largest absolute Gasteiger partial charge is 0.507 e. The molecule has 1 saturated heterocycles. The molecule has 3 aromatic rings. The first-order chi connectivity index (χ1) is 12.6. The van der Waals surface area contributed by atoms with Crippen molar-refractivity contribution in [3.63, 3.8) is 0 Å². The highest BCUT2D eigenvalue weighted by atomic mass is 16.3. The van der Waals surface area contributed by atoms with Crippen molar-refractivity contribution in [1.29, 1.82) is 0 Å². The number of rotatable bonds is 3. The van der Waals surface area contributed by atoms with Crippen molar-refractivity contribution in [2.75, 3.05) is 25.5 Å². The Morgan fingerprint density at radius 3 is 2.81 bits per heavy atom. The fourth-order valence-electron chi connectivity index (χ4n) is 3.76. The summed E-state index contributed by atoms with van der Waals surface area (Å²) >= 11 is 0. The molecule has 4 rings (SSSR count). The van der Waals surface area contributed by atoms with Crippen LogP contribution in [0.3, 0.4) is 0 Å². The zero-order valence-corrected chi connectivity index (χ0v) is 15.2. The Morgan fingerprint density at radius 2 is 2.00 bits per heavy atom. The number of aromatic nitrogens is 2. The summed E-state index contributed by atoms with van der Waals surface area (Å²) < 4.78 is 0. The number of nitrogens with zero attached hydrogens (tertiary/aromatic N) is 3. The van der Waals surface area contributed by atoms with Crippen molar-refractivity contribution in [3.8, 4) is 17.0 Å². The maximum absolute atomic E-state index is 10.7. The van der Waals surface area contributed by atoms with E-state index >= 15 is 0 Å². The van der Waals surface area contributed by atoms with E-state index < -0.39 is 0 Å². The molecule has 0 spiro atoms. The Bertz CT molecular complexity index is 940. The van der Waals surface area contributed by atoms with Gasteiger partial charge in [0, 0.05) is 23.5 Å². The van der Waals surface area contributed by atoms with E-state index in [9.17, 15) is 5.11 Å². The van der Waals surface area contributed by atoms with Crippen molar-refractivity contribution in [2.45, 2.75) is 25.8 Å². The van der Waals surface area contributed by atoms with Gasteiger partial charge >= 0.3 is 0 Å². The van der Waals surface area contributed by atoms with E-state index in [0.29, 0.717) is 6.04 Å². The Hall–Kier alpha value is -2.66. The quantitative estimate of drug-likeness (QED) is 0.753. The molecule has 2 aromatic carbocycles. The molecule has 5 nitrogen and oxygen atoms in total. The SMILES string of the molecule is Cc1cc(N[C@@H]2CCCN(C)C2)nnc1-c1ccc2ccccc2c1O. The number of aryl methyl sites for hydroxylation is 1. The molecule has 0 bridgehead atoms. The molecule has 2 N–H and O–H groups in total. The molecule has 1 aliphatic rings. The van der Waals surface area contributed by atoms with Gasteiger partial charge in [0.05, 0.1) is 5.69 Å². The van der Waals surface area contributed by atoms with Gasteiger partial charge in [-0.15, -0.1) is 10.2 Å². The number of phenols is 1. The molecule has 0 radical (unpaired) electrons. The van der Waals surface area contributed by atoms with Gasteiger partial charge in [-0.2, -0.15) is 0 Å². The van der Waals surface area contributed by atoms with Crippen LogP contribution in [0, 0.1) is 6.92 Å². The molecule has 2 heterocycles. The van der Waals surface area contributed by atoms with Gasteiger partial charge in [0.1, 0.15) is 11.6 Å². The predicted molar refractivity (Wildman–Crippen MR) is 106 cm³/mol. The monoisotopic (exact) mass is 348 g/mol. The summed E-state index contributed by atoms with van der Waals surface area (Å²) in [5, 5.41) is 24.8. The van der Waals surface area contributed by atoms with Gasteiger partial charge in [-0.25, -0.2) is 0 Å². The average Bonchev–Trinajstić information content (AvgIpc) is 2.63. The second-order valence-electron chi connectivity index (χ2n) is 7.19. The van der Waals surface area contributed by atoms with E-state index in [1.54, 1.807) is 0 Å². The van der Waals surface area contributed by atoms with Crippen LogP contribution in [-0.2, 0) is 0 Å². The molecule has 26 heavy (non-hydrogen) atoms. The summed E-state index contributed by atoms with van der Waals surface area (Å²) in [6.45, 7) is 4.19. The van der Waals surface area contributed by atoms with Crippen LogP contribution < -0.4 is 5.32 Å². The second kappa shape index (κ2) is 6.92. The van der Waals surface area contributed by atoms with Gasteiger partial charge in [0.2, 0.25) is 0 Å². The molecule has 5 heteroatoms. The summed E-state index contributed by atoms with van der Waals surface area (Å²) in [6.07, 6.45) is 2.35. The molecule has 0 unspecified atom stereocenters. The van der Waals surface area contributed by atoms with Crippen LogP contribution in [0.25, 0.3) is 22.0 Å². The minimum atomic E-state index is 0.259. The summed E-state index contributed by atoms with van der Waals surface area (Å²) in [5.74, 6) is 1.06. The van der Waals surface area contributed by atoms with Crippen LogP contribution in [0.15, 0.2) is 42.5 Å². The van der Waals surface area contributed by atoms with Crippen LogP contribution in [-0.4, -0.2) is 46.4 Å². The Labute approximate surface area is 153 Å². The van der Waals surface area contributed by atoms with Crippen molar-refractivity contribution < 1.29 is 5.11 Å². The zero-order valence-electron chi connectivity index (χ0n) is 15.2. The third kappa shape index (κ3) is 3.22. The zero-order chi connectivity index (χ0) is 18.1. The minimum Gasteiger partial charge on any atom is -0.507 e. The number of likely N-dealkylation sites (N-methyl/N-ethyl adjacent to an activating group) is 1. The number of nitrogens with one attached hydrogen (secondary N) is 1. The maximum Gasteiger partial charge on any atom is 0.149 e. The predicted octanol–water partition coefficient (Wildman–Crippen LogP) is 3.82. The number of piperidine rings is 1. The molecule has 1 aromatic heterocycles. The molecule has 0 saturated carbocycles. The highest BCUT2D eigenvalue weighted by Gasteiger charge is 2.18. The molecule has 0 aliphatic carbocycles. The molecule has 134 valence electrons. The molecule has 1 fully saturated rings. The van der Waals surface area contributed by atoms with Gasteiger partial charge in [0.15, 0.2) is 0 Å². The van der Waals surface area contributed by atoms with Gasteiger partial charge in [0.25, 0.3) is 0 Å². The number of aromatic hydroxyl groups is 1. The third-order valence-corrected chi connectivity index (χ3v) is 5.12. The molecule has 1 atom stereocenters. The van der Waals surface area contributed by atoms with Gasteiger partial charge in [-0.1, -0.05) is 30.3 Å². The summed E-state index contributed by atoms with van der Waals surface area (Å²) in [4.78, 5) is 2.34. The fourth-order valence-corrected chi connectivity index (χ4v) is 3.76. The van der Waals surface area contributed by atoms with E-state index in [-0.39, 0.29) is 5.75 Å². The van der Waals surface area contributed by atoms with E-state index in [4.69, 9.17) is 0 Å². The van der Waals surface area contributed by atoms with Gasteiger partial charge in [-0.05, 0) is 56.4 Å². The lowest BCUT2D eigenvalue weighted by Crippen LogP contribution is -2.39. The van der Waals surface area contributed by atoms with Crippen LogP contribution in [0.4, 0.5) is 5.82 Å². The first-order valence-corrected chi connectivity index (χ1v) is 9.12. The second-order valence-corrected chi connectivity index (χ2v) is 7.19. The summed E-state index contributed by atoms with van der Waals surface area (Å²) in [5.41, 5.74) is 2.44. The maximum atomic E-state index is 10.7. The van der Waals surface area contributed by atoms with Crippen molar-refractivity contribution in [1.82, 2.24) is 15.1 Å². The number of likely N-dealkylation sites (tertiary alicyclic amines) is 1. The Balaban J connectivity index is 1.63. The van der Waals surface area contributed by atoms with Gasteiger partial charge in [-0.3, -0.25) is 0 Å². The van der Waals surface area contributed by atoms with Crippen molar-refractivity contribution >= 4 is 16.6 Å². The number of phenolic OH excluding ortho intramolecular Hbond substituents is 1. The van der Waals surface area contributed by atoms with Crippen LogP contribution in [0.1, 0.15) is 18.4 Å². The normalized spacial score (nSPS) is 18.2. The number of anilines is 1. The van der Waals surface area contributed by atoms with Crippen LogP contribution >= 0.6 is 0 Å². The molecular weight excluding hydrogens is 324 g/mol. The van der Waals surface area contributed by atoms with E-state index in [1.807, 2.05) is 49.4 Å². The smallest absolute Gasteiger partial charge is 0.149 e. The Kier molecular flexibility index (Phi) is 4.47. The number of hydrogen-bond donors (Lipinski definition) is 2. The first-order valence-electron chi connectivity index (χ1n) is 9.12. The third-order valence-electron chi connectivity index (χ3n) is 5.12. The highest BCUT2D eigenvalue weighted by molar-refractivity contribution is 5.94. The van der Waals surface area contributed by atoms with Gasteiger partial charge < -0.3 is 15.3 Å². The highest BCUT2D eigenvalue weighted by Crippen LogP contribution is 2.36. The summed E-state index contributed by atoms with van der Waals surface area (Å²) in [6, 6.07) is 14.2. The van der Waals surface area contributed by atoms with Crippen molar-refractivity contribution in [3.05, 3.63) is 48.0 Å². The van der Waals surface area contributed by atoms with Crippen LogP contribution in [0.5, 0.6) is 5.75 Å². The standard InChI is InChI=1S/C21H24N4O/c1-14-12-19(22-16-7-5-11-25(2)13-16)23-24-20(14)18-10-9-15-6-3-4-8-17(15)21(18)26/h3-4,6,8-10,12,16,26H,5,7,11,13H2,1-2H3,(H,22,23)/t16-/m1/s1. The van der Waals surface area contributed by atoms with Crippen molar-refractivity contribution in [2.24, 2.45) is 0 Å². The number of fused-ring (bicyclic) bond motifs is 1. The fraction of sp³-hybridized carbons (Fsp3) is 0.333. The average molecular weight is 348 g/mol. The lowest BCUT2D eigenvalue weighted by Gasteiger charge is -2.30. The number of hydrogen-bond acceptors (Lipinski definition) is 5. The summed E-state index contributed by atoms with van der Waals surface area (Å²) in [7, 11) is 2.15. The Morgan fingerprint density at radius 1 is 1.15 bits per heavy atom. The van der Waals surface area contributed by atoms with E-state index in [1.165, 1.54) is 6.42 Å². The molecule has 0 amide bonds. The molecule has 1 aliphatic heterocycles.